The summed E-state index contributed by atoms with van der Waals surface area (Å²) in [6, 6.07) is 9.25. The fourth-order valence-electron chi connectivity index (χ4n) is 2.95. The lowest BCUT2D eigenvalue weighted by Crippen LogP contribution is -2.34. The van der Waals surface area contributed by atoms with Crippen molar-refractivity contribution >= 4 is 40.0 Å². The van der Waals surface area contributed by atoms with E-state index in [2.05, 4.69) is 27.6 Å². The summed E-state index contributed by atoms with van der Waals surface area (Å²) < 4.78 is 7.38. The molecule has 0 aliphatic carbocycles. The van der Waals surface area contributed by atoms with Crippen LogP contribution in [0.4, 0.5) is 5.69 Å². The lowest BCUT2D eigenvalue weighted by molar-refractivity contribution is 0.0977. The van der Waals surface area contributed by atoms with Gasteiger partial charge in [-0.05, 0) is 55.9 Å². The Morgan fingerprint density at radius 2 is 2.00 bits per heavy atom. The largest absolute Gasteiger partial charge is 0.494 e. The van der Waals surface area contributed by atoms with E-state index in [9.17, 15) is 4.79 Å². The van der Waals surface area contributed by atoms with Crippen LogP contribution in [0, 0.1) is 6.92 Å². The molecule has 8 heteroatoms. The van der Waals surface area contributed by atoms with Crippen molar-refractivity contribution in [3.8, 4) is 5.75 Å². The first-order chi connectivity index (χ1) is 14.0. The minimum atomic E-state index is -0.323. The highest BCUT2D eigenvalue weighted by Crippen LogP contribution is 2.17. The Balaban J connectivity index is 1.56. The molecule has 2 N–H and O–H groups in total. The Kier molecular flexibility index (Phi) is 6.77. The summed E-state index contributed by atoms with van der Waals surface area (Å²) in [5.74, 6) is 0.490. The Morgan fingerprint density at radius 3 is 2.72 bits per heavy atom. The molecule has 7 nitrogen and oxygen atoms in total. The number of aromatic nitrogens is 3. The standard InChI is InChI=1S/C21H25N5O2S/c1-4-5-6-11-28-17-9-7-16(8-10-17)23-21(29)24-20(27)15-12-18-14(2)25-26(3)19(18)22-13-15/h7-10,12-13H,4-6,11H2,1-3H3,(H2,23,24,27,29). The highest BCUT2D eigenvalue weighted by Gasteiger charge is 2.13. The van der Waals surface area contributed by atoms with Gasteiger partial charge >= 0.3 is 0 Å². The molecule has 0 bridgehead atoms. The molecule has 152 valence electrons. The van der Waals surface area contributed by atoms with E-state index in [0.717, 1.165) is 41.0 Å². The number of benzene rings is 1. The van der Waals surface area contributed by atoms with E-state index in [1.165, 1.54) is 12.6 Å². The summed E-state index contributed by atoms with van der Waals surface area (Å²) >= 11 is 5.26. The summed E-state index contributed by atoms with van der Waals surface area (Å²) in [5.41, 5.74) is 2.75. The second-order valence-electron chi connectivity index (χ2n) is 6.79. The second kappa shape index (κ2) is 9.47. The fourth-order valence-corrected chi connectivity index (χ4v) is 3.16. The number of aryl methyl sites for hydroxylation is 2. The van der Waals surface area contributed by atoms with E-state index in [1.54, 1.807) is 10.7 Å². The third-order valence-corrected chi connectivity index (χ3v) is 4.69. The first-order valence-corrected chi connectivity index (χ1v) is 10.0. The molecule has 29 heavy (non-hydrogen) atoms. The fraction of sp³-hybridized carbons (Fsp3) is 0.333. The molecule has 2 heterocycles. The number of anilines is 1. The van der Waals surface area contributed by atoms with Crippen LogP contribution in [0.2, 0.25) is 0 Å². The van der Waals surface area contributed by atoms with Gasteiger partial charge in [0.15, 0.2) is 10.8 Å². The third kappa shape index (κ3) is 5.29. The number of hydrogen-bond acceptors (Lipinski definition) is 5. The SMILES string of the molecule is CCCCCOc1ccc(NC(=S)NC(=O)c2cnc3c(c2)c(C)nn3C)cc1. The van der Waals surface area contributed by atoms with Crippen LogP contribution in [0.15, 0.2) is 36.5 Å². The molecule has 0 spiro atoms. The number of ether oxygens (including phenoxy) is 1. The van der Waals surface area contributed by atoms with Gasteiger partial charge in [-0.3, -0.25) is 14.8 Å². The van der Waals surface area contributed by atoms with Crippen molar-refractivity contribution in [2.45, 2.75) is 33.1 Å². The quantitative estimate of drug-likeness (QED) is 0.452. The first kappa shape index (κ1) is 20.7. The molecule has 0 aliphatic heterocycles. The molecule has 3 aromatic rings. The number of rotatable bonds is 7. The lowest BCUT2D eigenvalue weighted by Gasteiger charge is -2.11. The molecule has 0 fully saturated rings. The predicted molar refractivity (Wildman–Crippen MR) is 118 cm³/mol. The van der Waals surface area contributed by atoms with Gasteiger partial charge in [-0.2, -0.15) is 5.10 Å². The van der Waals surface area contributed by atoms with Crippen molar-refractivity contribution < 1.29 is 9.53 Å². The number of hydrogen-bond donors (Lipinski definition) is 2. The number of nitrogens with one attached hydrogen (secondary N) is 2. The molecule has 0 saturated heterocycles. The first-order valence-electron chi connectivity index (χ1n) is 9.62. The summed E-state index contributed by atoms with van der Waals surface area (Å²) in [4.78, 5) is 16.8. The number of unbranched alkanes of at least 4 members (excludes halogenated alkanes) is 2. The minimum Gasteiger partial charge on any atom is -0.494 e. The average molecular weight is 412 g/mol. The summed E-state index contributed by atoms with van der Waals surface area (Å²) in [6.07, 6.45) is 4.90. The maximum Gasteiger partial charge on any atom is 0.259 e. The highest BCUT2D eigenvalue weighted by atomic mass is 32.1. The van der Waals surface area contributed by atoms with Crippen molar-refractivity contribution in [1.29, 1.82) is 0 Å². The van der Waals surface area contributed by atoms with E-state index in [4.69, 9.17) is 17.0 Å². The van der Waals surface area contributed by atoms with Gasteiger partial charge in [0.05, 0.1) is 17.9 Å². The van der Waals surface area contributed by atoms with Crippen LogP contribution in [-0.2, 0) is 7.05 Å². The summed E-state index contributed by atoms with van der Waals surface area (Å²) in [6.45, 7) is 4.76. The lowest BCUT2D eigenvalue weighted by atomic mass is 10.2. The topological polar surface area (TPSA) is 81.1 Å². The van der Waals surface area contributed by atoms with Gasteiger partial charge < -0.3 is 10.1 Å². The van der Waals surface area contributed by atoms with E-state index >= 15 is 0 Å². The van der Waals surface area contributed by atoms with Crippen LogP contribution < -0.4 is 15.4 Å². The Labute approximate surface area is 175 Å². The number of pyridine rings is 1. The average Bonchev–Trinajstić information content (AvgIpc) is 2.99. The van der Waals surface area contributed by atoms with Crippen molar-refractivity contribution in [2.75, 3.05) is 11.9 Å². The van der Waals surface area contributed by atoms with Crippen molar-refractivity contribution in [2.24, 2.45) is 7.05 Å². The van der Waals surface area contributed by atoms with Gasteiger partial charge in [0, 0.05) is 24.3 Å². The number of thiocarbonyl (C=S) groups is 1. The van der Waals surface area contributed by atoms with Crippen LogP contribution in [0.25, 0.3) is 11.0 Å². The molecule has 0 atom stereocenters. The van der Waals surface area contributed by atoms with E-state index < -0.39 is 0 Å². The van der Waals surface area contributed by atoms with Crippen LogP contribution in [-0.4, -0.2) is 32.4 Å². The Morgan fingerprint density at radius 1 is 1.24 bits per heavy atom. The molecular weight excluding hydrogens is 386 g/mol. The predicted octanol–water partition coefficient (Wildman–Crippen LogP) is 3.97. The zero-order valence-electron chi connectivity index (χ0n) is 16.9. The molecule has 2 aromatic heterocycles. The number of amides is 1. The molecule has 1 aromatic carbocycles. The van der Waals surface area contributed by atoms with Gasteiger partial charge in [-0.1, -0.05) is 19.8 Å². The van der Waals surface area contributed by atoms with Gasteiger partial charge in [-0.15, -0.1) is 0 Å². The van der Waals surface area contributed by atoms with Crippen LogP contribution >= 0.6 is 12.2 Å². The zero-order valence-corrected chi connectivity index (χ0v) is 17.7. The maximum absolute atomic E-state index is 12.5. The Bertz CT molecular complexity index is 1010. The molecule has 0 saturated carbocycles. The number of carbonyl (C=O) groups is 1. The summed E-state index contributed by atoms with van der Waals surface area (Å²) in [5, 5.41) is 11.1. The molecule has 0 radical (unpaired) electrons. The van der Waals surface area contributed by atoms with Gasteiger partial charge in [0.25, 0.3) is 5.91 Å². The molecule has 3 rings (SSSR count). The van der Waals surface area contributed by atoms with E-state index in [1.807, 2.05) is 38.2 Å². The van der Waals surface area contributed by atoms with Crippen molar-refractivity contribution in [3.63, 3.8) is 0 Å². The monoisotopic (exact) mass is 411 g/mol. The number of fused-ring (bicyclic) bond motifs is 1. The van der Waals surface area contributed by atoms with Crippen LogP contribution in [0.3, 0.4) is 0 Å². The second-order valence-corrected chi connectivity index (χ2v) is 7.20. The van der Waals surface area contributed by atoms with E-state index in [-0.39, 0.29) is 11.0 Å². The minimum absolute atomic E-state index is 0.217. The summed E-state index contributed by atoms with van der Waals surface area (Å²) in [7, 11) is 1.82. The number of nitrogens with zero attached hydrogens (tertiary/aromatic N) is 3. The Hall–Kier alpha value is -3.00. The van der Waals surface area contributed by atoms with Gasteiger partial charge in [0.1, 0.15) is 5.75 Å². The smallest absolute Gasteiger partial charge is 0.259 e. The maximum atomic E-state index is 12.5. The molecule has 0 aliphatic rings. The zero-order chi connectivity index (χ0) is 20.8. The third-order valence-electron chi connectivity index (χ3n) is 4.48. The van der Waals surface area contributed by atoms with Crippen LogP contribution in [0.1, 0.15) is 42.2 Å². The molecule has 1 amide bonds. The molecular formula is C21H25N5O2S. The highest BCUT2D eigenvalue weighted by molar-refractivity contribution is 7.80. The van der Waals surface area contributed by atoms with Gasteiger partial charge in [-0.25, -0.2) is 4.98 Å². The van der Waals surface area contributed by atoms with Crippen molar-refractivity contribution in [1.82, 2.24) is 20.1 Å². The normalized spacial score (nSPS) is 10.7. The van der Waals surface area contributed by atoms with Gasteiger partial charge in [0.2, 0.25) is 0 Å². The number of carbonyl (C=O) groups excluding carboxylic acids is 1. The van der Waals surface area contributed by atoms with E-state index in [0.29, 0.717) is 12.2 Å². The molecule has 0 unspecified atom stereocenters. The van der Waals surface area contributed by atoms with Crippen LogP contribution in [0.5, 0.6) is 5.75 Å². The van der Waals surface area contributed by atoms with Crippen molar-refractivity contribution in [3.05, 3.63) is 47.8 Å².